The van der Waals surface area contributed by atoms with Gasteiger partial charge in [0.2, 0.25) is 0 Å². The second-order valence-corrected chi connectivity index (χ2v) is 14.0. The summed E-state index contributed by atoms with van der Waals surface area (Å²) in [6.45, 7) is 16.5. The van der Waals surface area contributed by atoms with Crippen molar-refractivity contribution in [2.24, 2.45) is 0 Å². The first-order valence-electron chi connectivity index (χ1n) is 10.3. The summed E-state index contributed by atoms with van der Waals surface area (Å²) in [7, 11) is -1.81. The average molecular weight is 433 g/mol. The zero-order valence-electron chi connectivity index (χ0n) is 18.4. The maximum absolute atomic E-state index is 12.6. The summed E-state index contributed by atoms with van der Waals surface area (Å²) in [5.74, 6) is -0.182. The van der Waals surface area contributed by atoms with E-state index in [0.717, 1.165) is 38.2 Å². The minimum absolute atomic E-state index is 0.0663. The minimum atomic E-state index is -4.68. The molecular formula is C21H35F3N2O2Si. The molecule has 8 heteroatoms. The topological polar surface area (TPSA) is 33.7 Å². The third-order valence-corrected chi connectivity index (χ3v) is 10.4. The molecule has 0 spiro atoms. The van der Waals surface area contributed by atoms with E-state index in [1.807, 2.05) is 13.0 Å². The largest absolute Gasteiger partial charge is 0.573 e. The molecule has 1 unspecified atom stereocenters. The van der Waals surface area contributed by atoms with Crippen molar-refractivity contribution >= 4 is 8.32 Å². The van der Waals surface area contributed by atoms with Crippen LogP contribution in [0.3, 0.4) is 0 Å². The second kappa shape index (κ2) is 9.37. The number of benzene rings is 1. The highest BCUT2D eigenvalue weighted by Crippen LogP contribution is 2.38. The lowest BCUT2D eigenvalue weighted by Gasteiger charge is -2.38. The van der Waals surface area contributed by atoms with E-state index in [9.17, 15) is 13.2 Å². The summed E-state index contributed by atoms with van der Waals surface area (Å²) >= 11 is 0. The Kier molecular flexibility index (Phi) is 7.81. The Morgan fingerprint density at radius 3 is 2.52 bits per heavy atom. The van der Waals surface area contributed by atoms with Gasteiger partial charge in [0.05, 0.1) is 6.10 Å². The van der Waals surface area contributed by atoms with Crippen molar-refractivity contribution in [3.05, 3.63) is 29.8 Å². The van der Waals surface area contributed by atoms with Gasteiger partial charge in [-0.25, -0.2) is 0 Å². The Balaban J connectivity index is 2.02. The maximum Gasteiger partial charge on any atom is 0.573 e. The Hall–Kier alpha value is -1.09. The zero-order chi connectivity index (χ0) is 21.9. The van der Waals surface area contributed by atoms with Crippen molar-refractivity contribution in [1.29, 1.82) is 0 Å². The van der Waals surface area contributed by atoms with Crippen LogP contribution in [-0.4, -0.2) is 51.9 Å². The predicted molar refractivity (Wildman–Crippen MR) is 113 cm³/mol. The number of halogens is 3. The number of alkyl halides is 3. The van der Waals surface area contributed by atoms with Gasteiger partial charge in [-0.15, -0.1) is 13.2 Å². The molecule has 2 rings (SSSR count). The SMILES string of the molecule is CCNC(CN1CC[C@H](O[Si](C)(C)C(C)(C)C)C1)c1cccc(OC(F)(F)F)c1. The molecule has 1 heterocycles. The number of ether oxygens (including phenoxy) is 1. The van der Waals surface area contributed by atoms with Crippen LogP contribution in [0.2, 0.25) is 18.1 Å². The van der Waals surface area contributed by atoms with Gasteiger partial charge >= 0.3 is 6.36 Å². The lowest BCUT2D eigenvalue weighted by molar-refractivity contribution is -0.274. The molecule has 1 N–H and O–H groups in total. The fraction of sp³-hybridized carbons (Fsp3) is 0.714. The first-order chi connectivity index (χ1) is 13.3. The normalized spacial score (nSPS) is 20.1. The van der Waals surface area contributed by atoms with Crippen LogP contribution in [0.4, 0.5) is 13.2 Å². The lowest BCUT2D eigenvalue weighted by Crippen LogP contribution is -2.44. The van der Waals surface area contributed by atoms with Crippen LogP contribution >= 0.6 is 0 Å². The van der Waals surface area contributed by atoms with E-state index in [0.29, 0.717) is 0 Å². The Morgan fingerprint density at radius 1 is 1.24 bits per heavy atom. The van der Waals surface area contributed by atoms with E-state index in [1.165, 1.54) is 12.1 Å². The van der Waals surface area contributed by atoms with Gasteiger partial charge in [0.15, 0.2) is 8.32 Å². The number of hydrogen-bond donors (Lipinski definition) is 1. The summed E-state index contributed by atoms with van der Waals surface area (Å²) in [5, 5.41) is 3.56. The van der Waals surface area contributed by atoms with Crippen molar-refractivity contribution < 1.29 is 22.3 Å². The highest BCUT2D eigenvalue weighted by atomic mass is 28.4. The monoisotopic (exact) mass is 432 g/mol. The molecule has 0 bridgehead atoms. The van der Waals surface area contributed by atoms with Gasteiger partial charge < -0.3 is 14.5 Å². The molecule has 0 radical (unpaired) electrons. The van der Waals surface area contributed by atoms with Crippen LogP contribution in [0.5, 0.6) is 5.75 Å². The number of nitrogens with zero attached hydrogens (tertiary/aromatic N) is 1. The summed E-state index contributed by atoms with van der Waals surface area (Å²) < 4.78 is 48.3. The van der Waals surface area contributed by atoms with Crippen LogP contribution in [0.15, 0.2) is 24.3 Å². The highest BCUT2D eigenvalue weighted by molar-refractivity contribution is 6.74. The molecule has 1 saturated heterocycles. The number of nitrogens with one attached hydrogen (secondary N) is 1. The summed E-state index contributed by atoms with van der Waals surface area (Å²) in [6.07, 6.45) is -3.48. The molecule has 1 fully saturated rings. The molecule has 4 nitrogen and oxygen atoms in total. The molecule has 0 saturated carbocycles. The van der Waals surface area contributed by atoms with Crippen LogP contribution in [0, 0.1) is 0 Å². The first-order valence-corrected chi connectivity index (χ1v) is 13.2. The van der Waals surface area contributed by atoms with Crippen LogP contribution in [-0.2, 0) is 4.43 Å². The zero-order valence-corrected chi connectivity index (χ0v) is 19.4. The lowest BCUT2D eigenvalue weighted by atomic mass is 10.1. The smallest absolute Gasteiger partial charge is 0.413 e. The molecule has 29 heavy (non-hydrogen) atoms. The molecular weight excluding hydrogens is 397 g/mol. The summed E-state index contributed by atoms with van der Waals surface area (Å²) in [6, 6.07) is 6.19. The van der Waals surface area contributed by atoms with Gasteiger partial charge in [0.25, 0.3) is 0 Å². The molecule has 0 aliphatic carbocycles. The molecule has 1 aliphatic heterocycles. The number of likely N-dealkylation sites (tertiary alicyclic amines) is 1. The molecule has 1 aliphatic rings. The minimum Gasteiger partial charge on any atom is -0.413 e. The van der Waals surface area contributed by atoms with Gasteiger partial charge in [0.1, 0.15) is 5.75 Å². The fourth-order valence-electron chi connectivity index (χ4n) is 3.37. The van der Waals surface area contributed by atoms with Crippen molar-refractivity contribution in [1.82, 2.24) is 10.2 Å². The Morgan fingerprint density at radius 2 is 1.93 bits per heavy atom. The van der Waals surface area contributed by atoms with Gasteiger partial charge in [-0.2, -0.15) is 0 Å². The van der Waals surface area contributed by atoms with Crippen molar-refractivity contribution in [3.8, 4) is 5.75 Å². The van der Waals surface area contributed by atoms with E-state index in [1.54, 1.807) is 6.07 Å². The van der Waals surface area contributed by atoms with Gasteiger partial charge in [-0.1, -0.05) is 39.8 Å². The molecule has 1 aromatic carbocycles. The Labute approximate surface area is 173 Å². The average Bonchev–Trinajstić information content (AvgIpc) is 2.98. The van der Waals surface area contributed by atoms with Crippen LogP contribution in [0.1, 0.15) is 45.7 Å². The number of rotatable bonds is 8. The van der Waals surface area contributed by atoms with Gasteiger partial charge in [-0.05, 0) is 48.8 Å². The fourth-order valence-corrected chi connectivity index (χ4v) is 4.75. The molecule has 0 amide bonds. The molecule has 2 atom stereocenters. The predicted octanol–water partition coefficient (Wildman–Crippen LogP) is 5.33. The quantitative estimate of drug-likeness (QED) is 0.563. The van der Waals surface area contributed by atoms with Gasteiger partial charge in [-0.3, -0.25) is 4.90 Å². The molecule has 1 aromatic rings. The second-order valence-electron chi connectivity index (χ2n) is 9.28. The third kappa shape index (κ3) is 7.27. The van der Waals surface area contributed by atoms with Crippen molar-refractivity contribution in [3.63, 3.8) is 0 Å². The molecule has 166 valence electrons. The standard InChI is InChI=1S/C21H35F3N2O2Si/c1-7-25-19(16-9-8-10-17(13-16)27-21(22,23)24)15-26-12-11-18(14-26)28-29(5,6)20(2,3)4/h8-10,13,18-19,25H,7,11-12,14-15H2,1-6H3/t18-,19?/m0/s1. The third-order valence-electron chi connectivity index (χ3n) is 5.88. The van der Waals surface area contributed by atoms with E-state index in [2.05, 4.69) is 48.8 Å². The van der Waals surface area contributed by atoms with E-state index < -0.39 is 14.7 Å². The van der Waals surface area contributed by atoms with E-state index in [-0.39, 0.29) is 22.9 Å². The van der Waals surface area contributed by atoms with E-state index in [4.69, 9.17) is 4.43 Å². The Bertz CT molecular complexity index is 662. The highest BCUT2D eigenvalue weighted by Gasteiger charge is 2.40. The maximum atomic E-state index is 12.6. The van der Waals surface area contributed by atoms with Crippen LogP contribution in [0.25, 0.3) is 0 Å². The number of hydrogen-bond acceptors (Lipinski definition) is 4. The number of likely N-dealkylation sites (N-methyl/N-ethyl adjacent to an activating group) is 1. The van der Waals surface area contributed by atoms with E-state index >= 15 is 0 Å². The molecule has 0 aromatic heterocycles. The summed E-state index contributed by atoms with van der Waals surface area (Å²) in [5.41, 5.74) is 0.794. The first kappa shape index (κ1) is 24.2. The van der Waals surface area contributed by atoms with Crippen molar-refractivity contribution in [2.75, 3.05) is 26.2 Å². The van der Waals surface area contributed by atoms with Crippen LogP contribution < -0.4 is 10.1 Å². The summed E-state index contributed by atoms with van der Waals surface area (Å²) in [4.78, 5) is 2.34. The van der Waals surface area contributed by atoms with Crippen molar-refractivity contribution in [2.45, 2.75) is 70.8 Å². The van der Waals surface area contributed by atoms with Gasteiger partial charge in [0, 0.05) is 25.7 Å².